The SMILES string of the molecule is CNc1nc(N)nc2c1ncn2[C@@H]1O[C@H](COC(=O)C(C)C)C[C@@]1(C)F. The van der Waals surface area contributed by atoms with E-state index in [1.807, 2.05) is 0 Å². The van der Waals surface area contributed by atoms with Crippen LogP contribution in [0.1, 0.15) is 33.4 Å². The van der Waals surface area contributed by atoms with E-state index in [-0.39, 0.29) is 30.9 Å². The molecule has 3 rings (SSSR count). The molecule has 0 bridgehead atoms. The molecule has 1 fully saturated rings. The fourth-order valence-corrected chi connectivity index (χ4v) is 2.99. The number of nitrogens with two attached hydrogens (primary N) is 1. The number of nitrogen functional groups attached to an aromatic ring is 1. The van der Waals surface area contributed by atoms with E-state index in [2.05, 4.69) is 20.3 Å². The number of carbonyl (C=O) groups excluding carboxylic acids is 1. The van der Waals surface area contributed by atoms with Crippen LogP contribution in [0, 0.1) is 5.92 Å². The predicted octanol–water partition coefficient (Wildman–Crippen LogP) is 1.67. The molecule has 0 amide bonds. The molecule has 142 valence electrons. The van der Waals surface area contributed by atoms with Crippen molar-refractivity contribution in [3.63, 3.8) is 0 Å². The lowest BCUT2D eigenvalue weighted by molar-refractivity contribution is -0.152. The summed E-state index contributed by atoms with van der Waals surface area (Å²) in [5, 5.41) is 2.89. The maximum atomic E-state index is 15.2. The topological polar surface area (TPSA) is 117 Å². The van der Waals surface area contributed by atoms with Crippen molar-refractivity contribution in [3.05, 3.63) is 6.33 Å². The second-order valence-corrected chi connectivity index (χ2v) is 6.88. The van der Waals surface area contributed by atoms with Crippen LogP contribution in [0.4, 0.5) is 16.2 Å². The van der Waals surface area contributed by atoms with Crippen LogP contribution in [0.15, 0.2) is 6.33 Å². The number of anilines is 2. The van der Waals surface area contributed by atoms with Crippen molar-refractivity contribution in [3.8, 4) is 0 Å². The number of esters is 1. The van der Waals surface area contributed by atoms with E-state index in [4.69, 9.17) is 15.2 Å². The molecule has 9 nitrogen and oxygen atoms in total. The number of halogens is 1. The molecule has 3 atom stereocenters. The van der Waals surface area contributed by atoms with Crippen molar-refractivity contribution in [1.29, 1.82) is 0 Å². The molecule has 2 aromatic rings. The summed E-state index contributed by atoms with van der Waals surface area (Å²) in [5.41, 5.74) is 4.88. The van der Waals surface area contributed by atoms with Gasteiger partial charge in [0.25, 0.3) is 0 Å². The fourth-order valence-electron chi connectivity index (χ4n) is 2.99. The highest BCUT2D eigenvalue weighted by Crippen LogP contribution is 2.42. The molecule has 0 unspecified atom stereocenters. The van der Waals surface area contributed by atoms with E-state index in [9.17, 15) is 4.79 Å². The molecular formula is C16H23FN6O3. The van der Waals surface area contributed by atoms with Gasteiger partial charge in [-0.2, -0.15) is 9.97 Å². The highest BCUT2D eigenvalue weighted by Gasteiger charge is 2.48. The van der Waals surface area contributed by atoms with E-state index in [0.717, 1.165) is 0 Å². The highest BCUT2D eigenvalue weighted by molar-refractivity contribution is 5.84. The molecule has 0 saturated carbocycles. The third-order valence-electron chi connectivity index (χ3n) is 4.27. The van der Waals surface area contributed by atoms with Crippen LogP contribution < -0.4 is 11.1 Å². The van der Waals surface area contributed by atoms with Gasteiger partial charge in [0.2, 0.25) is 5.95 Å². The zero-order chi connectivity index (χ0) is 19.1. The summed E-state index contributed by atoms with van der Waals surface area (Å²) >= 11 is 0. The summed E-state index contributed by atoms with van der Waals surface area (Å²) in [5.74, 6) is -0.0946. The van der Waals surface area contributed by atoms with Gasteiger partial charge in [-0.05, 0) is 6.92 Å². The van der Waals surface area contributed by atoms with Crippen LogP contribution in [-0.2, 0) is 14.3 Å². The Labute approximate surface area is 150 Å². The number of hydrogen-bond acceptors (Lipinski definition) is 8. The second kappa shape index (κ2) is 6.67. The van der Waals surface area contributed by atoms with Crippen molar-refractivity contribution >= 4 is 28.9 Å². The van der Waals surface area contributed by atoms with Gasteiger partial charge in [0.05, 0.1) is 18.3 Å². The van der Waals surface area contributed by atoms with Gasteiger partial charge >= 0.3 is 5.97 Å². The van der Waals surface area contributed by atoms with Crippen LogP contribution in [0.3, 0.4) is 0 Å². The van der Waals surface area contributed by atoms with Crippen molar-refractivity contribution in [2.24, 2.45) is 5.92 Å². The molecule has 0 aromatic carbocycles. The van der Waals surface area contributed by atoms with E-state index in [1.54, 1.807) is 20.9 Å². The summed E-state index contributed by atoms with van der Waals surface area (Å²) in [7, 11) is 1.69. The number of fused-ring (bicyclic) bond motifs is 1. The zero-order valence-electron chi connectivity index (χ0n) is 15.2. The van der Waals surface area contributed by atoms with E-state index < -0.39 is 18.0 Å². The Morgan fingerprint density at radius 3 is 2.96 bits per heavy atom. The maximum absolute atomic E-state index is 15.2. The minimum atomic E-state index is -1.69. The monoisotopic (exact) mass is 366 g/mol. The minimum Gasteiger partial charge on any atom is -0.463 e. The lowest BCUT2D eigenvalue weighted by Crippen LogP contribution is -2.27. The Morgan fingerprint density at radius 1 is 1.58 bits per heavy atom. The normalized spacial score (nSPS) is 25.8. The molecule has 0 radical (unpaired) electrons. The molecule has 0 aliphatic carbocycles. The summed E-state index contributed by atoms with van der Waals surface area (Å²) in [4.78, 5) is 24.1. The third kappa shape index (κ3) is 3.28. The summed E-state index contributed by atoms with van der Waals surface area (Å²) < 4.78 is 27.7. The number of nitrogens with zero attached hydrogens (tertiary/aromatic N) is 4. The van der Waals surface area contributed by atoms with Gasteiger partial charge in [-0.25, -0.2) is 9.37 Å². The first kappa shape index (κ1) is 18.3. The number of imidazole rings is 1. The van der Waals surface area contributed by atoms with Crippen molar-refractivity contribution in [2.45, 2.75) is 45.2 Å². The zero-order valence-corrected chi connectivity index (χ0v) is 15.2. The van der Waals surface area contributed by atoms with Crippen LogP contribution in [0.5, 0.6) is 0 Å². The predicted molar refractivity (Wildman–Crippen MR) is 93.1 cm³/mol. The number of ether oxygens (including phenoxy) is 2. The number of rotatable bonds is 5. The summed E-state index contributed by atoms with van der Waals surface area (Å²) in [6.07, 6.45) is 0.0136. The molecule has 1 aliphatic rings. The van der Waals surface area contributed by atoms with Gasteiger partial charge in [0.1, 0.15) is 6.61 Å². The smallest absolute Gasteiger partial charge is 0.308 e. The Hall–Kier alpha value is -2.49. The average Bonchev–Trinajstić information content (AvgIpc) is 3.11. The molecule has 1 saturated heterocycles. The minimum absolute atomic E-state index is 0.00145. The quantitative estimate of drug-likeness (QED) is 0.767. The molecule has 0 spiro atoms. The Bertz CT molecular complexity index is 822. The van der Waals surface area contributed by atoms with Crippen LogP contribution >= 0.6 is 0 Å². The second-order valence-electron chi connectivity index (χ2n) is 6.88. The number of aromatic nitrogens is 4. The largest absolute Gasteiger partial charge is 0.463 e. The molecule has 2 aromatic heterocycles. The third-order valence-corrected chi connectivity index (χ3v) is 4.27. The van der Waals surface area contributed by atoms with Crippen LogP contribution in [0.2, 0.25) is 0 Å². The first-order valence-corrected chi connectivity index (χ1v) is 8.41. The molecular weight excluding hydrogens is 343 g/mol. The summed E-state index contributed by atoms with van der Waals surface area (Å²) in [6.45, 7) is 4.91. The number of hydrogen-bond donors (Lipinski definition) is 2. The number of carbonyl (C=O) groups is 1. The molecule has 3 N–H and O–H groups in total. The number of nitrogens with one attached hydrogen (secondary N) is 1. The van der Waals surface area contributed by atoms with Crippen LogP contribution in [-0.4, -0.2) is 50.9 Å². The Morgan fingerprint density at radius 2 is 2.31 bits per heavy atom. The fraction of sp³-hybridized carbons (Fsp3) is 0.625. The maximum Gasteiger partial charge on any atom is 0.308 e. The molecule has 10 heteroatoms. The molecule has 3 heterocycles. The first-order chi connectivity index (χ1) is 12.2. The number of alkyl halides is 1. The highest BCUT2D eigenvalue weighted by atomic mass is 19.1. The van der Waals surface area contributed by atoms with E-state index in [1.165, 1.54) is 17.8 Å². The lowest BCUT2D eigenvalue weighted by Gasteiger charge is -2.22. The average molecular weight is 366 g/mol. The van der Waals surface area contributed by atoms with Gasteiger partial charge < -0.3 is 20.5 Å². The van der Waals surface area contributed by atoms with Gasteiger partial charge in [0.15, 0.2) is 28.9 Å². The Balaban J connectivity index is 1.86. The standard InChI is InChI=1S/C16H23FN6O3/c1-8(2)13(24)25-6-9-5-16(3,17)14(26-9)23-7-20-10-11(19-4)21-15(18)22-12(10)23/h7-9,14H,5-6H2,1-4H3,(H3,18,19,21,22)/t9-,14+,16+/m0/s1. The van der Waals surface area contributed by atoms with E-state index in [0.29, 0.717) is 17.0 Å². The first-order valence-electron chi connectivity index (χ1n) is 8.41. The summed E-state index contributed by atoms with van der Waals surface area (Å²) in [6, 6.07) is 0. The van der Waals surface area contributed by atoms with Crippen molar-refractivity contribution in [1.82, 2.24) is 19.5 Å². The lowest BCUT2D eigenvalue weighted by atomic mass is 10.0. The van der Waals surface area contributed by atoms with Crippen molar-refractivity contribution < 1.29 is 18.7 Å². The Kier molecular flexibility index (Phi) is 4.70. The van der Waals surface area contributed by atoms with E-state index >= 15 is 4.39 Å². The van der Waals surface area contributed by atoms with Crippen molar-refractivity contribution in [2.75, 3.05) is 24.7 Å². The van der Waals surface area contributed by atoms with Gasteiger partial charge in [-0.3, -0.25) is 9.36 Å². The van der Waals surface area contributed by atoms with Gasteiger partial charge in [-0.15, -0.1) is 0 Å². The molecule has 26 heavy (non-hydrogen) atoms. The van der Waals surface area contributed by atoms with Crippen LogP contribution in [0.25, 0.3) is 11.2 Å². The van der Waals surface area contributed by atoms with Gasteiger partial charge in [0, 0.05) is 13.5 Å². The molecule has 1 aliphatic heterocycles. The van der Waals surface area contributed by atoms with Gasteiger partial charge in [-0.1, -0.05) is 13.8 Å².